The van der Waals surface area contributed by atoms with E-state index in [0.29, 0.717) is 25.2 Å². The highest BCUT2D eigenvalue weighted by atomic mass is 17.4. The van der Waals surface area contributed by atoms with Crippen molar-refractivity contribution in [1.82, 2.24) is 10.2 Å². The molecule has 2 aliphatic heterocycles. The highest BCUT2D eigenvalue weighted by Gasteiger charge is 2.50. The van der Waals surface area contributed by atoms with E-state index < -0.39 is 11.6 Å². The van der Waals surface area contributed by atoms with Crippen molar-refractivity contribution in [3.05, 3.63) is 0 Å². The lowest BCUT2D eigenvalue weighted by Crippen LogP contribution is -2.52. The Balaban J connectivity index is 1.13. The minimum atomic E-state index is -0.788. The second kappa shape index (κ2) is 9.39. The second-order valence-electron chi connectivity index (χ2n) is 9.12. The normalized spacial score (nSPS) is 28.4. The van der Waals surface area contributed by atoms with E-state index in [1.165, 1.54) is 38.8 Å². The number of piperidine rings is 1. The summed E-state index contributed by atoms with van der Waals surface area (Å²) in [5.74, 6) is -0.950. The molecule has 7 heteroatoms. The van der Waals surface area contributed by atoms with Crippen molar-refractivity contribution in [2.75, 3.05) is 26.2 Å². The predicted octanol–water partition coefficient (Wildman–Crippen LogP) is 3.44. The number of carbonyl (C=O) groups is 1. The molecule has 2 spiro atoms. The Morgan fingerprint density at radius 3 is 2.04 bits per heavy atom. The lowest BCUT2D eigenvalue weighted by Gasteiger charge is -2.46. The first-order chi connectivity index (χ1) is 13.7. The van der Waals surface area contributed by atoms with Gasteiger partial charge < -0.3 is 10.2 Å². The average Bonchev–Trinajstić information content (AvgIpc) is 2.74. The maximum atomic E-state index is 12.3. The number of hydrogen-bond acceptors (Lipinski definition) is 6. The van der Waals surface area contributed by atoms with Crippen LogP contribution in [-0.2, 0) is 24.3 Å². The van der Waals surface area contributed by atoms with Crippen LogP contribution in [0.15, 0.2) is 0 Å². The van der Waals surface area contributed by atoms with Gasteiger partial charge in [0, 0.05) is 45.2 Å². The second-order valence-corrected chi connectivity index (χ2v) is 9.12. The third-order valence-corrected chi connectivity index (χ3v) is 6.85. The Hall–Kier alpha value is -0.730. The zero-order chi connectivity index (χ0) is 19.3. The van der Waals surface area contributed by atoms with Gasteiger partial charge in [-0.05, 0) is 57.5 Å². The monoisotopic (exact) mass is 396 g/mol. The Morgan fingerprint density at radius 1 is 0.821 bits per heavy atom. The van der Waals surface area contributed by atoms with Gasteiger partial charge in [0.15, 0.2) is 0 Å². The molecule has 1 N–H and O–H groups in total. The van der Waals surface area contributed by atoms with Crippen molar-refractivity contribution < 1.29 is 24.3 Å². The summed E-state index contributed by atoms with van der Waals surface area (Å²) in [6.07, 6.45) is 12.7. The molecule has 2 saturated heterocycles. The van der Waals surface area contributed by atoms with Crippen LogP contribution in [0.2, 0.25) is 0 Å². The van der Waals surface area contributed by atoms with E-state index in [2.05, 4.69) is 10.2 Å². The maximum Gasteiger partial charge on any atom is 0.234 e. The molecule has 4 aliphatic rings. The van der Waals surface area contributed by atoms with Gasteiger partial charge in [-0.2, -0.15) is 19.6 Å². The summed E-state index contributed by atoms with van der Waals surface area (Å²) in [7, 11) is 0. The molecule has 2 saturated carbocycles. The van der Waals surface area contributed by atoms with Crippen molar-refractivity contribution in [2.24, 2.45) is 5.92 Å². The predicted molar refractivity (Wildman–Crippen MR) is 103 cm³/mol. The number of hydrogen-bond donors (Lipinski definition) is 1. The summed E-state index contributed by atoms with van der Waals surface area (Å²) >= 11 is 0. The first-order valence-electron chi connectivity index (χ1n) is 11.4. The zero-order valence-corrected chi connectivity index (χ0v) is 17.1. The van der Waals surface area contributed by atoms with Crippen LogP contribution < -0.4 is 5.32 Å². The zero-order valence-electron chi connectivity index (χ0n) is 17.1. The van der Waals surface area contributed by atoms with Crippen LogP contribution in [0.25, 0.3) is 0 Å². The molecule has 2 heterocycles. The fourth-order valence-corrected chi connectivity index (χ4v) is 4.95. The third kappa shape index (κ3) is 5.25. The van der Waals surface area contributed by atoms with Gasteiger partial charge in [-0.25, -0.2) is 0 Å². The molecular formula is C21H36N2O5. The van der Waals surface area contributed by atoms with Crippen molar-refractivity contribution in [1.29, 1.82) is 0 Å². The van der Waals surface area contributed by atoms with Crippen LogP contribution in [0.4, 0.5) is 0 Å². The molecule has 0 unspecified atom stereocenters. The Morgan fingerprint density at radius 2 is 1.39 bits per heavy atom. The number of amides is 1. The van der Waals surface area contributed by atoms with E-state index >= 15 is 0 Å². The third-order valence-electron chi connectivity index (χ3n) is 6.85. The van der Waals surface area contributed by atoms with Gasteiger partial charge in [-0.3, -0.25) is 4.79 Å². The van der Waals surface area contributed by atoms with Crippen LogP contribution in [0, 0.1) is 5.92 Å². The summed E-state index contributed by atoms with van der Waals surface area (Å²) in [5.41, 5.74) is 0. The van der Waals surface area contributed by atoms with Crippen molar-refractivity contribution in [3.63, 3.8) is 0 Å². The number of nitrogens with zero attached hydrogens (tertiary/aromatic N) is 1. The summed E-state index contributed by atoms with van der Waals surface area (Å²) in [4.78, 5) is 37.6. The molecule has 0 aromatic rings. The molecule has 4 rings (SSSR count). The summed E-state index contributed by atoms with van der Waals surface area (Å²) < 4.78 is 0. The fraction of sp³-hybridized carbons (Fsp3) is 0.952. The Bertz CT molecular complexity index is 497. The molecule has 0 atom stereocenters. The summed E-state index contributed by atoms with van der Waals surface area (Å²) in [5, 5.41) is 3.09. The van der Waals surface area contributed by atoms with Gasteiger partial charge in [0.05, 0.1) is 0 Å². The molecule has 2 aliphatic carbocycles. The average molecular weight is 397 g/mol. The van der Waals surface area contributed by atoms with Crippen LogP contribution in [-0.4, -0.2) is 48.6 Å². The highest BCUT2D eigenvalue weighted by Crippen LogP contribution is 2.45. The number of rotatable bonds is 5. The standard InChI is InChI=1S/C21H36N2O5/c24-19(22-13-16-23-14-5-2-6-15-23)17-18-7-11-21(12-8-18)27-25-20(26-28-21)9-3-1-4-10-20/h18H,1-17H2,(H,22,24). The van der Waals surface area contributed by atoms with Gasteiger partial charge in [-0.1, -0.05) is 12.8 Å². The van der Waals surface area contributed by atoms with Crippen LogP contribution >= 0.6 is 0 Å². The minimum Gasteiger partial charge on any atom is -0.355 e. The van der Waals surface area contributed by atoms with E-state index in [0.717, 1.165) is 51.6 Å². The molecule has 4 fully saturated rings. The molecule has 1 amide bonds. The first kappa shape index (κ1) is 20.5. The highest BCUT2D eigenvalue weighted by molar-refractivity contribution is 5.76. The van der Waals surface area contributed by atoms with Crippen molar-refractivity contribution >= 4 is 5.91 Å². The minimum absolute atomic E-state index is 0.164. The van der Waals surface area contributed by atoms with Crippen molar-refractivity contribution in [3.8, 4) is 0 Å². The van der Waals surface area contributed by atoms with Crippen molar-refractivity contribution in [2.45, 2.75) is 95.0 Å². The largest absolute Gasteiger partial charge is 0.355 e. The maximum absolute atomic E-state index is 12.3. The van der Waals surface area contributed by atoms with Gasteiger partial charge in [0.2, 0.25) is 17.5 Å². The molecule has 0 bridgehead atoms. The SMILES string of the molecule is O=C(CC1CCC2(CC1)OOC1(CCCCC1)OO2)NCCN1CCCCC1. The van der Waals surface area contributed by atoms with E-state index in [4.69, 9.17) is 19.6 Å². The molecule has 7 nitrogen and oxygen atoms in total. The van der Waals surface area contributed by atoms with E-state index in [1.54, 1.807) is 0 Å². The smallest absolute Gasteiger partial charge is 0.234 e. The number of carbonyl (C=O) groups excluding carboxylic acids is 1. The van der Waals surface area contributed by atoms with Gasteiger partial charge in [0.1, 0.15) is 0 Å². The van der Waals surface area contributed by atoms with Gasteiger partial charge in [-0.15, -0.1) is 0 Å². The van der Waals surface area contributed by atoms with Crippen LogP contribution in [0.3, 0.4) is 0 Å². The van der Waals surface area contributed by atoms with Crippen LogP contribution in [0.5, 0.6) is 0 Å². The topological polar surface area (TPSA) is 69.3 Å². The van der Waals surface area contributed by atoms with Gasteiger partial charge >= 0.3 is 0 Å². The molecular weight excluding hydrogens is 360 g/mol. The summed E-state index contributed by atoms with van der Waals surface area (Å²) in [6, 6.07) is 0. The number of likely N-dealkylation sites (tertiary alicyclic amines) is 1. The lowest BCUT2D eigenvalue weighted by molar-refractivity contribution is -0.663. The quantitative estimate of drug-likeness (QED) is 0.718. The molecule has 160 valence electrons. The first-order valence-corrected chi connectivity index (χ1v) is 11.4. The Labute approximate surface area is 168 Å². The molecule has 0 aromatic carbocycles. The van der Waals surface area contributed by atoms with E-state index in [-0.39, 0.29) is 5.91 Å². The Kier molecular flexibility index (Phi) is 6.89. The van der Waals surface area contributed by atoms with E-state index in [1.807, 2.05) is 0 Å². The summed E-state index contributed by atoms with van der Waals surface area (Å²) in [6.45, 7) is 4.07. The molecule has 28 heavy (non-hydrogen) atoms. The van der Waals surface area contributed by atoms with Crippen LogP contribution in [0.1, 0.15) is 83.5 Å². The molecule has 0 radical (unpaired) electrons. The van der Waals surface area contributed by atoms with E-state index in [9.17, 15) is 4.79 Å². The van der Waals surface area contributed by atoms with Gasteiger partial charge in [0.25, 0.3) is 0 Å². The fourth-order valence-electron chi connectivity index (χ4n) is 4.95. The molecule has 0 aromatic heterocycles. The lowest BCUT2D eigenvalue weighted by atomic mass is 9.83. The number of nitrogens with one attached hydrogen (secondary N) is 1.